The van der Waals surface area contributed by atoms with E-state index in [0.29, 0.717) is 5.75 Å². The average molecular weight is 513 g/mol. The first-order valence-electron chi connectivity index (χ1n) is 12.4. The van der Waals surface area contributed by atoms with Crippen molar-refractivity contribution in [2.24, 2.45) is 5.92 Å². The highest BCUT2D eigenvalue weighted by Crippen LogP contribution is 2.21. The quantitative estimate of drug-likeness (QED) is 0.429. The van der Waals surface area contributed by atoms with Crippen molar-refractivity contribution >= 4 is 18.0 Å². The minimum Gasteiger partial charge on any atom is -0.497 e. The highest BCUT2D eigenvalue weighted by Gasteiger charge is 2.38. The van der Waals surface area contributed by atoms with Gasteiger partial charge in [-0.25, -0.2) is 9.59 Å². The fourth-order valence-electron chi connectivity index (χ4n) is 3.93. The van der Waals surface area contributed by atoms with Crippen LogP contribution in [0.2, 0.25) is 0 Å². The molecule has 0 radical (unpaired) electrons. The third-order valence-corrected chi connectivity index (χ3v) is 5.88. The molecular weight excluding hydrogens is 472 g/mol. The van der Waals surface area contributed by atoms with Crippen molar-refractivity contribution in [1.29, 1.82) is 0 Å². The molecule has 0 spiro atoms. The lowest BCUT2D eigenvalue weighted by atomic mass is 9.99. The number of nitrogens with zero attached hydrogens (tertiary/aromatic N) is 2. The third-order valence-electron chi connectivity index (χ3n) is 5.88. The van der Waals surface area contributed by atoms with Gasteiger partial charge in [-0.1, -0.05) is 56.3 Å². The molecule has 2 rings (SSSR count). The van der Waals surface area contributed by atoms with Crippen LogP contribution in [0.4, 0.5) is 4.79 Å². The Morgan fingerprint density at radius 1 is 0.865 bits per heavy atom. The summed E-state index contributed by atoms with van der Waals surface area (Å²) in [6.07, 6.45) is -0.411. The van der Waals surface area contributed by atoms with Crippen LogP contribution in [-0.4, -0.2) is 66.7 Å². The summed E-state index contributed by atoms with van der Waals surface area (Å²) in [4.78, 5) is 42.6. The third kappa shape index (κ3) is 8.81. The van der Waals surface area contributed by atoms with Crippen LogP contribution in [0, 0.1) is 5.92 Å². The zero-order valence-corrected chi connectivity index (χ0v) is 23.2. The normalized spacial score (nSPS) is 12.9. The molecule has 2 aromatic carbocycles. The number of hydrogen-bond donors (Lipinski definition) is 0. The van der Waals surface area contributed by atoms with Crippen LogP contribution in [0.1, 0.15) is 45.7 Å². The topological polar surface area (TPSA) is 85.4 Å². The number of esters is 1. The monoisotopic (exact) mass is 512 g/mol. The Morgan fingerprint density at radius 3 is 1.97 bits per heavy atom. The minimum absolute atomic E-state index is 0.0792. The first-order valence-corrected chi connectivity index (χ1v) is 12.4. The number of hydrogen-bond acceptors (Lipinski definition) is 6. The number of likely N-dealkylation sites (N-methyl/N-ethyl adjacent to an activating group) is 2. The van der Waals surface area contributed by atoms with Crippen molar-refractivity contribution in [1.82, 2.24) is 9.80 Å². The molecule has 0 saturated heterocycles. The summed E-state index contributed by atoms with van der Waals surface area (Å²) >= 11 is 0. The van der Waals surface area contributed by atoms with E-state index in [1.807, 2.05) is 56.3 Å². The van der Waals surface area contributed by atoms with Gasteiger partial charge in [-0.15, -0.1) is 0 Å². The van der Waals surface area contributed by atoms with Crippen molar-refractivity contribution in [3.05, 3.63) is 65.7 Å². The van der Waals surface area contributed by atoms with Crippen LogP contribution in [0.3, 0.4) is 0 Å². The summed E-state index contributed by atoms with van der Waals surface area (Å²) in [7, 11) is 4.68. The van der Waals surface area contributed by atoms with E-state index in [0.717, 1.165) is 11.1 Å². The zero-order valence-electron chi connectivity index (χ0n) is 23.2. The van der Waals surface area contributed by atoms with Gasteiger partial charge in [-0.2, -0.15) is 0 Å². The summed E-state index contributed by atoms with van der Waals surface area (Å²) in [5.41, 5.74) is 0.965. The molecule has 0 aliphatic carbocycles. The summed E-state index contributed by atoms with van der Waals surface area (Å²) in [5, 5.41) is 0. The number of carbonyl (C=O) groups is 3. The van der Waals surface area contributed by atoms with Gasteiger partial charge in [0.2, 0.25) is 5.91 Å². The highest BCUT2D eigenvalue weighted by molar-refractivity contribution is 5.90. The SMILES string of the molecule is COc1ccc(C[C@@H](C(=O)N(C)[C@H](C(=O)OC(C)(C)C)C(C)C)N(C)C(=O)OCc2ccccc2)cc1. The maximum Gasteiger partial charge on any atom is 0.410 e. The van der Waals surface area contributed by atoms with Gasteiger partial charge in [0.25, 0.3) is 0 Å². The summed E-state index contributed by atoms with van der Waals surface area (Å²) < 4.78 is 16.3. The van der Waals surface area contributed by atoms with Crippen molar-refractivity contribution in [2.45, 2.75) is 65.3 Å². The molecule has 0 unspecified atom stereocenters. The number of amides is 2. The van der Waals surface area contributed by atoms with Crippen LogP contribution >= 0.6 is 0 Å². The summed E-state index contributed by atoms with van der Waals surface area (Å²) in [5.74, 6) is -0.402. The van der Waals surface area contributed by atoms with E-state index in [1.54, 1.807) is 47.1 Å². The van der Waals surface area contributed by atoms with E-state index in [2.05, 4.69) is 0 Å². The van der Waals surface area contributed by atoms with Crippen molar-refractivity contribution in [2.75, 3.05) is 21.2 Å². The molecule has 0 bridgehead atoms. The maximum absolute atomic E-state index is 13.9. The predicted molar refractivity (Wildman–Crippen MR) is 142 cm³/mol. The van der Waals surface area contributed by atoms with Gasteiger partial charge >= 0.3 is 12.1 Å². The number of rotatable bonds is 10. The van der Waals surface area contributed by atoms with Gasteiger partial charge in [0.05, 0.1) is 7.11 Å². The first kappa shape index (κ1) is 29.7. The Kier molecular flexibility index (Phi) is 10.5. The van der Waals surface area contributed by atoms with Crippen LogP contribution in [-0.2, 0) is 32.1 Å². The van der Waals surface area contributed by atoms with E-state index in [-0.39, 0.29) is 24.9 Å². The van der Waals surface area contributed by atoms with Crippen LogP contribution in [0.5, 0.6) is 5.75 Å². The molecule has 8 heteroatoms. The molecule has 2 amide bonds. The molecule has 0 aliphatic rings. The molecule has 37 heavy (non-hydrogen) atoms. The molecule has 0 fully saturated rings. The van der Waals surface area contributed by atoms with Gasteiger partial charge in [-0.05, 0) is 49.9 Å². The van der Waals surface area contributed by atoms with Crippen LogP contribution in [0.15, 0.2) is 54.6 Å². The van der Waals surface area contributed by atoms with Crippen molar-refractivity contribution < 1.29 is 28.6 Å². The number of ether oxygens (including phenoxy) is 3. The van der Waals surface area contributed by atoms with Gasteiger partial charge in [0.15, 0.2) is 0 Å². The average Bonchev–Trinajstić information content (AvgIpc) is 2.84. The summed E-state index contributed by atoms with van der Waals surface area (Å²) in [6.45, 7) is 9.15. The zero-order chi connectivity index (χ0) is 27.8. The van der Waals surface area contributed by atoms with E-state index >= 15 is 0 Å². The maximum atomic E-state index is 13.9. The van der Waals surface area contributed by atoms with Gasteiger partial charge < -0.3 is 19.1 Å². The number of carbonyl (C=O) groups excluding carboxylic acids is 3. The smallest absolute Gasteiger partial charge is 0.410 e. The lowest BCUT2D eigenvalue weighted by Crippen LogP contribution is -2.55. The van der Waals surface area contributed by atoms with Gasteiger partial charge in [-0.3, -0.25) is 9.69 Å². The lowest BCUT2D eigenvalue weighted by molar-refractivity contribution is -0.166. The van der Waals surface area contributed by atoms with E-state index in [9.17, 15) is 14.4 Å². The van der Waals surface area contributed by atoms with Gasteiger partial charge in [0.1, 0.15) is 30.0 Å². The van der Waals surface area contributed by atoms with E-state index < -0.39 is 29.7 Å². The molecular formula is C29H40N2O6. The largest absolute Gasteiger partial charge is 0.497 e. The Balaban J connectivity index is 2.31. The second-order valence-corrected chi connectivity index (χ2v) is 10.4. The predicted octanol–water partition coefficient (Wildman–Crippen LogP) is 4.70. The first-order chi connectivity index (χ1) is 17.3. The molecule has 2 atom stereocenters. The molecule has 0 aliphatic heterocycles. The number of benzene rings is 2. The van der Waals surface area contributed by atoms with Gasteiger partial charge in [0, 0.05) is 20.5 Å². The fourth-order valence-corrected chi connectivity index (χ4v) is 3.93. The minimum atomic E-state index is -0.912. The molecule has 0 heterocycles. The fraction of sp³-hybridized carbons (Fsp3) is 0.483. The Morgan fingerprint density at radius 2 is 1.46 bits per heavy atom. The highest BCUT2D eigenvalue weighted by atomic mass is 16.6. The molecule has 202 valence electrons. The molecule has 2 aromatic rings. The standard InChI is InChI=1S/C29H40N2O6/c1-20(2)25(27(33)37-29(3,4)5)31(7)26(32)24(18-21-14-16-23(35-8)17-15-21)30(6)28(34)36-19-22-12-10-9-11-13-22/h9-17,20,24-25H,18-19H2,1-8H3/t24-,25-/m0/s1. The van der Waals surface area contributed by atoms with E-state index in [4.69, 9.17) is 14.2 Å². The summed E-state index contributed by atoms with van der Waals surface area (Å²) in [6, 6.07) is 14.9. The lowest BCUT2D eigenvalue weighted by Gasteiger charge is -2.36. The molecule has 8 nitrogen and oxygen atoms in total. The van der Waals surface area contributed by atoms with Crippen molar-refractivity contribution in [3.8, 4) is 5.75 Å². The van der Waals surface area contributed by atoms with E-state index in [1.165, 1.54) is 16.8 Å². The molecule has 0 aromatic heterocycles. The molecule has 0 saturated carbocycles. The Labute approximate surface area is 220 Å². The molecule has 0 N–H and O–H groups in total. The van der Waals surface area contributed by atoms with Crippen molar-refractivity contribution in [3.63, 3.8) is 0 Å². The van der Waals surface area contributed by atoms with Crippen LogP contribution < -0.4 is 4.74 Å². The second-order valence-electron chi connectivity index (χ2n) is 10.4. The number of methoxy groups -OCH3 is 1. The Hall–Kier alpha value is -3.55. The second kappa shape index (κ2) is 13.1. The van der Waals surface area contributed by atoms with Crippen LogP contribution in [0.25, 0.3) is 0 Å². The Bertz CT molecular complexity index is 1030.